The van der Waals surface area contributed by atoms with Gasteiger partial charge in [-0.05, 0) is 12.5 Å². The molecule has 0 spiro atoms. The third-order valence-electron chi connectivity index (χ3n) is 2.23. The van der Waals surface area contributed by atoms with Crippen molar-refractivity contribution in [1.82, 2.24) is 4.72 Å². The van der Waals surface area contributed by atoms with E-state index in [0.717, 1.165) is 0 Å². The Morgan fingerprint density at radius 2 is 1.95 bits per heavy atom. The first kappa shape index (κ1) is 15.1. The van der Waals surface area contributed by atoms with E-state index in [9.17, 15) is 23.3 Å². The lowest BCUT2D eigenvalue weighted by molar-refractivity contribution is -0.384. The normalized spacial score (nSPS) is 12.9. The van der Waals surface area contributed by atoms with E-state index in [1.807, 2.05) is 4.72 Å². The molecule has 0 radical (unpaired) electrons. The topological polar surface area (TPSA) is 127 Å². The van der Waals surface area contributed by atoms with E-state index in [1.165, 1.54) is 31.2 Å². The molecule has 0 saturated heterocycles. The average molecular weight is 288 g/mol. The second-order valence-corrected chi connectivity index (χ2v) is 5.61. The number of nitro groups is 1. The lowest BCUT2D eigenvalue weighted by atomic mass is 10.2. The minimum Gasteiger partial charge on any atom is -0.480 e. The summed E-state index contributed by atoms with van der Waals surface area (Å²) in [6, 6.07) is 3.76. The van der Waals surface area contributed by atoms with Gasteiger partial charge in [-0.1, -0.05) is 12.1 Å². The van der Waals surface area contributed by atoms with Crippen LogP contribution in [0.3, 0.4) is 0 Å². The fourth-order valence-electron chi connectivity index (χ4n) is 1.29. The highest BCUT2D eigenvalue weighted by molar-refractivity contribution is 7.88. The smallest absolute Gasteiger partial charge is 0.321 e. The summed E-state index contributed by atoms with van der Waals surface area (Å²) in [7, 11) is -3.81. The second kappa shape index (κ2) is 5.76. The van der Waals surface area contributed by atoms with Crippen LogP contribution in [0.4, 0.5) is 5.69 Å². The van der Waals surface area contributed by atoms with Gasteiger partial charge in [0.25, 0.3) is 5.69 Å². The number of rotatable bonds is 6. The maximum Gasteiger partial charge on any atom is 0.321 e. The highest BCUT2D eigenvalue weighted by atomic mass is 32.2. The van der Waals surface area contributed by atoms with Crippen LogP contribution in [0.1, 0.15) is 12.5 Å². The highest BCUT2D eigenvalue weighted by Gasteiger charge is 2.20. The van der Waals surface area contributed by atoms with Crippen LogP contribution >= 0.6 is 0 Å². The fourth-order valence-corrected chi connectivity index (χ4v) is 2.65. The lowest BCUT2D eigenvalue weighted by Crippen LogP contribution is -2.38. The number of hydrogen-bond donors (Lipinski definition) is 2. The van der Waals surface area contributed by atoms with E-state index in [1.54, 1.807) is 0 Å². The van der Waals surface area contributed by atoms with Crippen molar-refractivity contribution in [3.05, 3.63) is 39.9 Å². The molecule has 1 aromatic rings. The Bertz CT molecular complexity index is 581. The van der Waals surface area contributed by atoms with Crippen molar-refractivity contribution in [2.24, 2.45) is 0 Å². The van der Waals surface area contributed by atoms with Gasteiger partial charge in [-0.25, -0.2) is 13.1 Å². The standard InChI is InChI=1S/C10H12N2O6S/c1-7(10(13)14)11-19(17,18)6-8-2-4-9(5-3-8)12(15)16/h2-5,7,11H,6H2,1H3,(H,13,14)/t7-/m1/s1. The van der Waals surface area contributed by atoms with Gasteiger partial charge in [0, 0.05) is 12.1 Å². The largest absolute Gasteiger partial charge is 0.480 e. The number of benzene rings is 1. The molecule has 9 heteroatoms. The van der Waals surface area contributed by atoms with Crippen LogP contribution in [0.15, 0.2) is 24.3 Å². The Kier molecular flexibility index (Phi) is 4.57. The van der Waals surface area contributed by atoms with Crippen LogP contribution in [-0.2, 0) is 20.6 Å². The molecule has 2 N–H and O–H groups in total. The Hall–Kier alpha value is -2.00. The van der Waals surface area contributed by atoms with Crippen molar-refractivity contribution in [2.75, 3.05) is 0 Å². The van der Waals surface area contributed by atoms with Gasteiger partial charge in [-0.2, -0.15) is 0 Å². The van der Waals surface area contributed by atoms with Crippen molar-refractivity contribution >= 4 is 21.7 Å². The molecule has 0 aliphatic carbocycles. The summed E-state index contributed by atoms with van der Waals surface area (Å²) in [4.78, 5) is 20.4. The maximum atomic E-state index is 11.6. The van der Waals surface area contributed by atoms with Crippen molar-refractivity contribution in [3.8, 4) is 0 Å². The molecule has 0 aromatic heterocycles. The molecule has 1 aromatic carbocycles. The van der Waals surface area contributed by atoms with E-state index in [0.29, 0.717) is 5.56 Å². The zero-order chi connectivity index (χ0) is 14.6. The number of carbonyl (C=O) groups is 1. The third-order valence-corrected chi connectivity index (χ3v) is 3.66. The zero-order valence-electron chi connectivity index (χ0n) is 9.94. The summed E-state index contributed by atoms with van der Waals surface area (Å²) in [5.41, 5.74) is 0.184. The zero-order valence-corrected chi connectivity index (χ0v) is 10.8. The fraction of sp³-hybridized carbons (Fsp3) is 0.300. The van der Waals surface area contributed by atoms with Crippen LogP contribution in [0.5, 0.6) is 0 Å². The molecule has 0 bridgehead atoms. The minimum absolute atomic E-state index is 0.145. The summed E-state index contributed by atoms with van der Waals surface area (Å²) in [6.45, 7) is 1.20. The third kappa shape index (κ3) is 4.64. The molecule has 0 amide bonds. The first-order valence-electron chi connectivity index (χ1n) is 5.17. The van der Waals surface area contributed by atoms with Crippen molar-refractivity contribution in [2.45, 2.75) is 18.7 Å². The molecule has 8 nitrogen and oxygen atoms in total. The van der Waals surface area contributed by atoms with Crippen LogP contribution in [0, 0.1) is 10.1 Å². The van der Waals surface area contributed by atoms with E-state index in [-0.39, 0.29) is 5.69 Å². The molecule has 104 valence electrons. The number of carboxylic acid groups (broad SMARTS) is 1. The molecule has 0 aliphatic rings. The average Bonchev–Trinajstić information content (AvgIpc) is 2.28. The Morgan fingerprint density at radius 3 is 2.37 bits per heavy atom. The van der Waals surface area contributed by atoms with Gasteiger partial charge in [0.15, 0.2) is 0 Å². The molecule has 0 unspecified atom stereocenters. The SMILES string of the molecule is C[C@@H](NS(=O)(=O)Cc1ccc([N+](=O)[O-])cc1)C(=O)O. The first-order valence-corrected chi connectivity index (χ1v) is 6.82. The van der Waals surface area contributed by atoms with Crippen molar-refractivity contribution < 1.29 is 23.2 Å². The number of nitrogens with zero attached hydrogens (tertiary/aromatic N) is 1. The number of nitrogens with one attached hydrogen (secondary N) is 1. The van der Waals surface area contributed by atoms with E-state index < -0.39 is 32.7 Å². The predicted molar refractivity (Wildman–Crippen MR) is 66.0 cm³/mol. The van der Waals surface area contributed by atoms with Crippen LogP contribution in [0.2, 0.25) is 0 Å². The van der Waals surface area contributed by atoms with Crippen molar-refractivity contribution in [3.63, 3.8) is 0 Å². The van der Waals surface area contributed by atoms with E-state index in [4.69, 9.17) is 5.11 Å². The summed E-state index contributed by atoms with van der Waals surface area (Å²) in [6.07, 6.45) is 0. The molecule has 0 heterocycles. The Labute approximate surface area is 109 Å². The number of carboxylic acids is 1. The second-order valence-electron chi connectivity index (χ2n) is 3.86. The molecule has 1 atom stereocenters. The van der Waals surface area contributed by atoms with Gasteiger partial charge in [-0.3, -0.25) is 14.9 Å². The molecule has 0 fully saturated rings. The predicted octanol–water partition coefficient (Wildman–Crippen LogP) is 0.487. The van der Waals surface area contributed by atoms with Gasteiger partial charge in [0.1, 0.15) is 6.04 Å². The van der Waals surface area contributed by atoms with E-state index >= 15 is 0 Å². The van der Waals surface area contributed by atoms with Crippen LogP contribution in [0.25, 0.3) is 0 Å². The Balaban J connectivity index is 2.78. The quantitative estimate of drug-likeness (QED) is 0.579. The van der Waals surface area contributed by atoms with E-state index in [2.05, 4.69) is 0 Å². The summed E-state index contributed by atoms with van der Waals surface area (Å²) >= 11 is 0. The molecule has 0 aliphatic heterocycles. The minimum atomic E-state index is -3.81. The molecule has 19 heavy (non-hydrogen) atoms. The maximum absolute atomic E-state index is 11.6. The van der Waals surface area contributed by atoms with Gasteiger partial charge < -0.3 is 5.11 Å². The Morgan fingerprint density at radius 1 is 1.42 bits per heavy atom. The number of nitro benzene ring substituents is 1. The van der Waals surface area contributed by atoms with Gasteiger partial charge >= 0.3 is 5.97 Å². The van der Waals surface area contributed by atoms with Gasteiger partial charge in [0.2, 0.25) is 10.0 Å². The highest BCUT2D eigenvalue weighted by Crippen LogP contribution is 2.13. The first-order chi connectivity index (χ1) is 8.71. The van der Waals surface area contributed by atoms with Crippen molar-refractivity contribution in [1.29, 1.82) is 0 Å². The van der Waals surface area contributed by atoms with Crippen LogP contribution in [-0.4, -0.2) is 30.5 Å². The number of non-ortho nitro benzene ring substituents is 1. The van der Waals surface area contributed by atoms with Gasteiger partial charge in [0.05, 0.1) is 10.7 Å². The monoisotopic (exact) mass is 288 g/mol. The number of sulfonamides is 1. The summed E-state index contributed by atoms with van der Waals surface area (Å²) in [5.74, 6) is -1.73. The molecule has 1 rings (SSSR count). The molecular weight excluding hydrogens is 276 g/mol. The molecule has 0 saturated carbocycles. The molecular formula is C10H12N2O6S. The summed E-state index contributed by atoms with van der Waals surface area (Å²) in [5, 5.41) is 19.0. The summed E-state index contributed by atoms with van der Waals surface area (Å²) < 4.78 is 25.2. The van der Waals surface area contributed by atoms with Crippen LogP contribution < -0.4 is 4.72 Å². The number of aliphatic carboxylic acids is 1. The lowest BCUT2D eigenvalue weighted by Gasteiger charge is -2.09. The number of hydrogen-bond acceptors (Lipinski definition) is 5. The van der Waals surface area contributed by atoms with Gasteiger partial charge in [-0.15, -0.1) is 0 Å².